The fraction of sp³-hybridized carbons (Fsp3) is 0.143. The molecule has 3 aromatic rings. The minimum Gasteiger partial charge on any atom is -0.510 e. The van der Waals surface area contributed by atoms with E-state index in [1.54, 1.807) is 31.3 Å². The summed E-state index contributed by atoms with van der Waals surface area (Å²) < 4.78 is 0. The molecule has 0 spiro atoms. The standard InChI is InChI=1S/C11H12N2.C10H9N3O2.Ir/c1-10-3-5-11(6-4-10)13-8-7-12(2)9-13;1-6-8(7-4-2-3-5-11-7)12-10(15)13-9(6)14;/h3-5,7-9H,1-2H3;2-5H,1H3,(H2,12,13,14,15);/q-2;;+3/p-1. The van der Waals surface area contributed by atoms with E-state index < -0.39 is 11.2 Å². The van der Waals surface area contributed by atoms with Crippen LogP contribution in [0.2, 0.25) is 0 Å². The van der Waals surface area contributed by atoms with Crippen LogP contribution in [0.15, 0.2) is 64.6 Å². The van der Waals surface area contributed by atoms with Crippen molar-refractivity contribution in [3.05, 3.63) is 99.7 Å². The van der Waals surface area contributed by atoms with E-state index in [9.17, 15) is 9.59 Å². The molecule has 0 amide bonds. The van der Waals surface area contributed by atoms with Gasteiger partial charge in [0.25, 0.3) is 0 Å². The number of aromatic amines is 1. The Labute approximate surface area is 182 Å². The van der Waals surface area contributed by atoms with Gasteiger partial charge >= 0.3 is 20.1 Å². The van der Waals surface area contributed by atoms with E-state index >= 15 is 0 Å². The first-order valence-electron chi connectivity index (χ1n) is 8.65. The SMILES string of the molecule is Cc1c(-c2ccccn2)[n-]c(=O)[nH]c1=O.Cc1c[c-]c(N2C=CN(C)[CH-]2)cc1.[Ir+3]. The van der Waals surface area contributed by atoms with Crippen molar-refractivity contribution in [1.82, 2.24) is 19.9 Å². The molecule has 29 heavy (non-hydrogen) atoms. The normalized spacial score (nSPS) is 12.2. The van der Waals surface area contributed by atoms with E-state index in [-0.39, 0.29) is 20.1 Å². The van der Waals surface area contributed by atoms with E-state index in [2.05, 4.69) is 40.1 Å². The van der Waals surface area contributed by atoms with Gasteiger partial charge in [0.15, 0.2) is 11.2 Å². The minimum absolute atomic E-state index is 0. The van der Waals surface area contributed by atoms with Crippen LogP contribution in [0.1, 0.15) is 11.1 Å². The molecule has 0 saturated heterocycles. The minimum atomic E-state index is -0.647. The van der Waals surface area contributed by atoms with E-state index in [0.29, 0.717) is 17.0 Å². The zero-order valence-electron chi connectivity index (χ0n) is 16.2. The molecule has 1 aliphatic heterocycles. The molecule has 0 bridgehead atoms. The molecule has 4 rings (SSSR count). The smallest absolute Gasteiger partial charge is 0.510 e. The van der Waals surface area contributed by atoms with Gasteiger partial charge in [0.2, 0.25) is 0 Å². The number of hydrogen-bond acceptors (Lipinski definition) is 5. The summed E-state index contributed by atoms with van der Waals surface area (Å²) in [6.07, 6.45) is 5.61. The van der Waals surface area contributed by atoms with Crippen LogP contribution in [0.3, 0.4) is 0 Å². The van der Waals surface area contributed by atoms with Crippen molar-refractivity contribution in [2.24, 2.45) is 0 Å². The van der Waals surface area contributed by atoms with Gasteiger partial charge in [-0.3, -0.25) is 14.6 Å². The maximum atomic E-state index is 11.3. The van der Waals surface area contributed by atoms with Crippen LogP contribution >= 0.6 is 0 Å². The van der Waals surface area contributed by atoms with Crippen LogP contribution in [-0.2, 0) is 20.1 Å². The molecule has 0 saturated carbocycles. The molecule has 1 N–H and O–H groups in total. The van der Waals surface area contributed by atoms with E-state index in [1.807, 2.05) is 42.0 Å². The number of rotatable bonds is 2. The fourth-order valence-electron chi connectivity index (χ4n) is 2.51. The zero-order chi connectivity index (χ0) is 20.1. The zero-order valence-corrected chi connectivity index (χ0v) is 18.6. The molecule has 2 aromatic heterocycles. The van der Waals surface area contributed by atoms with E-state index in [1.165, 1.54) is 5.56 Å². The Bertz CT molecular complexity index is 1070. The molecule has 1 aromatic carbocycles. The summed E-state index contributed by atoms with van der Waals surface area (Å²) in [6.45, 7) is 5.69. The number of nitrogens with one attached hydrogen (secondary N) is 1. The molecule has 1 aliphatic rings. The average molecular weight is 567 g/mol. The Morgan fingerprint density at radius 2 is 1.93 bits per heavy atom. The number of aryl methyl sites for hydroxylation is 1. The van der Waals surface area contributed by atoms with Gasteiger partial charge in [-0.15, -0.1) is 11.8 Å². The molecular formula is C21H20IrN5O2. The van der Waals surface area contributed by atoms with Crippen LogP contribution in [0.5, 0.6) is 0 Å². The van der Waals surface area contributed by atoms with Crippen LogP contribution in [0, 0.1) is 26.6 Å². The largest absolute Gasteiger partial charge is 3.00 e. The average Bonchev–Trinajstić information content (AvgIpc) is 3.13. The van der Waals surface area contributed by atoms with Crippen molar-refractivity contribution >= 4 is 5.69 Å². The third-order valence-corrected chi connectivity index (χ3v) is 4.04. The summed E-state index contributed by atoms with van der Waals surface area (Å²) in [5, 5.41) is 0. The Hall–Kier alpha value is -2.96. The fourth-order valence-corrected chi connectivity index (χ4v) is 2.51. The first kappa shape index (κ1) is 22.3. The van der Waals surface area contributed by atoms with Gasteiger partial charge in [-0.2, -0.15) is 30.4 Å². The van der Waals surface area contributed by atoms with Gasteiger partial charge in [-0.05, 0) is 49.8 Å². The number of hydrogen-bond donors (Lipinski definition) is 1. The van der Waals surface area contributed by atoms with Gasteiger partial charge < -0.3 is 19.8 Å². The van der Waals surface area contributed by atoms with Gasteiger partial charge in [-0.1, -0.05) is 13.0 Å². The van der Waals surface area contributed by atoms with E-state index in [4.69, 9.17) is 0 Å². The Balaban J connectivity index is 0.000000202. The molecule has 150 valence electrons. The second kappa shape index (κ2) is 10.0. The van der Waals surface area contributed by atoms with Crippen molar-refractivity contribution < 1.29 is 20.1 Å². The molecule has 3 heterocycles. The maximum Gasteiger partial charge on any atom is 3.00 e. The van der Waals surface area contributed by atoms with Gasteiger partial charge in [0.1, 0.15) is 0 Å². The first-order chi connectivity index (χ1) is 13.4. The van der Waals surface area contributed by atoms with Crippen LogP contribution < -0.4 is 21.1 Å². The van der Waals surface area contributed by atoms with Crippen molar-refractivity contribution in [3.63, 3.8) is 0 Å². The Morgan fingerprint density at radius 3 is 2.52 bits per heavy atom. The van der Waals surface area contributed by atoms with Gasteiger partial charge in [0, 0.05) is 6.20 Å². The van der Waals surface area contributed by atoms with Crippen LogP contribution in [0.4, 0.5) is 5.69 Å². The predicted molar refractivity (Wildman–Crippen MR) is 108 cm³/mol. The summed E-state index contributed by atoms with van der Waals surface area (Å²) in [7, 11) is 2.00. The molecule has 0 aliphatic carbocycles. The number of benzene rings is 1. The molecule has 7 nitrogen and oxygen atoms in total. The third-order valence-electron chi connectivity index (χ3n) is 4.04. The molecule has 0 radical (unpaired) electrons. The number of nitrogens with zero attached hydrogens (tertiary/aromatic N) is 4. The van der Waals surface area contributed by atoms with Crippen molar-refractivity contribution in [1.29, 1.82) is 0 Å². The van der Waals surface area contributed by atoms with Crippen LogP contribution in [-0.4, -0.2) is 21.9 Å². The second-order valence-electron chi connectivity index (χ2n) is 6.30. The summed E-state index contributed by atoms with van der Waals surface area (Å²) in [5.74, 6) is 0. The monoisotopic (exact) mass is 567 g/mol. The van der Waals surface area contributed by atoms with Gasteiger partial charge in [-0.25, -0.2) is 0 Å². The number of anilines is 1. The van der Waals surface area contributed by atoms with E-state index in [0.717, 1.165) is 5.69 Å². The van der Waals surface area contributed by atoms with Crippen molar-refractivity contribution in [2.45, 2.75) is 13.8 Å². The van der Waals surface area contributed by atoms with Crippen molar-refractivity contribution in [2.75, 3.05) is 11.9 Å². The first-order valence-corrected chi connectivity index (χ1v) is 8.65. The number of H-pyrrole nitrogens is 1. The van der Waals surface area contributed by atoms with Crippen LogP contribution in [0.25, 0.3) is 11.4 Å². The summed E-state index contributed by atoms with van der Waals surface area (Å²) in [4.78, 5) is 36.3. The molecule has 8 heteroatoms. The predicted octanol–water partition coefficient (Wildman–Crippen LogP) is 2.20. The number of aromatic nitrogens is 3. The maximum absolute atomic E-state index is 11.3. The quantitative estimate of drug-likeness (QED) is 0.479. The second-order valence-corrected chi connectivity index (χ2v) is 6.30. The molecule has 0 atom stereocenters. The van der Waals surface area contributed by atoms with Crippen molar-refractivity contribution in [3.8, 4) is 11.4 Å². The molecule has 0 fully saturated rings. The Kier molecular flexibility index (Phi) is 7.70. The summed E-state index contributed by atoms with van der Waals surface area (Å²) in [5.41, 5.74) is 2.50. The topological polar surface area (TPSA) is 83.4 Å². The summed E-state index contributed by atoms with van der Waals surface area (Å²) in [6, 6.07) is 14.6. The molecule has 0 unspecified atom stereocenters. The Morgan fingerprint density at radius 1 is 1.14 bits per heavy atom. The number of pyridine rings is 1. The summed E-state index contributed by atoms with van der Waals surface area (Å²) >= 11 is 0. The molecular weight excluding hydrogens is 546 g/mol. The van der Waals surface area contributed by atoms with Gasteiger partial charge in [0.05, 0.1) is 5.69 Å². The third kappa shape index (κ3) is 5.76.